The van der Waals surface area contributed by atoms with Gasteiger partial charge in [0.15, 0.2) is 9.84 Å². The second kappa shape index (κ2) is 7.23. The van der Waals surface area contributed by atoms with Gasteiger partial charge in [0.1, 0.15) is 12.1 Å². The van der Waals surface area contributed by atoms with E-state index in [4.69, 9.17) is 0 Å². The van der Waals surface area contributed by atoms with Crippen LogP contribution in [0.4, 0.5) is 16.2 Å². The van der Waals surface area contributed by atoms with Gasteiger partial charge >= 0.3 is 6.03 Å². The number of nitrogens with one attached hydrogen (secondary N) is 3. The van der Waals surface area contributed by atoms with Gasteiger partial charge in [0, 0.05) is 18.3 Å². The molecule has 0 aromatic heterocycles. The normalized spacial score (nSPS) is 20.0. The number of amides is 5. The number of carbonyl (C=O) groups is 4. The van der Waals surface area contributed by atoms with Crippen molar-refractivity contribution >= 4 is 45.0 Å². The summed E-state index contributed by atoms with van der Waals surface area (Å²) in [6.45, 7) is 0.898. The Balaban J connectivity index is 1.62. The summed E-state index contributed by atoms with van der Waals surface area (Å²) < 4.78 is 23.2. The highest BCUT2D eigenvalue weighted by atomic mass is 32.2. The van der Waals surface area contributed by atoms with Crippen LogP contribution in [-0.4, -0.2) is 60.7 Å². The Labute approximate surface area is 161 Å². The summed E-state index contributed by atoms with van der Waals surface area (Å²) in [5.74, 6) is -1.74. The second-order valence-electron chi connectivity index (χ2n) is 6.86. The number of urea groups is 1. The van der Waals surface area contributed by atoms with Crippen molar-refractivity contribution in [1.29, 1.82) is 0 Å². The minimum Gasteiger partial charge on any atom is -0.326 e. The van der Waals surface area contributed by atoms with Crippen LogP contribution < -0.4 is 16.0 Å². The Bertz CT molecular complexity index is 927. The molecule has 0 radical (unpaired) electrons. The lowest BCUT2D eigenvalue weighted by Gasteiger charge is -2.30. The lowest BCUT2D eigenvalue weighted by atomic mass is 9.92. The number of carbonyl (C=O) groups excluding carboxylic acids is 4. The molecule has 28 heavy (non-hydrogen) atoms. The molecule has 3 rings (SSSR count). The number of sulfone groups is 1. The summed E-state index contributed by atoms with van der Waals surface area (Å²) in [5, 5.41) is 7.72. The van der Waals surface area contributed by atoms with E-state index in [1.54, 1.807) is 24.3 Å². The third-order valence-corrected chi connectivity index (χ3v) is 6.37. The molecule has 10 nitrogen and oxygen atoms in total. The zero-order chi connectivity index (χ0) is 20.5. The Morgan fingerprint density at radius 3 is 2.14 bits per heavy atom. The summed E-state index contributed by atoms with van der Waals surface area (Å²) in [4.78, 5) is 48.9. The Morgan fingerprint density at radius 1 is 1.07 bits per heavy atom. The zero-order valence-electron chi connectivity index (χ0n) is 15.1. The van der Waals surface area contributed by atoms with Gasteiger partial charge in [0.2, 0.25) is 11.8 Å². The van der Waals surface area contributed by atoms with Crippen molar-refractivity contribution in [3.8, 4) is 0 Å². The van der Waals surface area contributed by atoms with Crippen LogP contribution in [0, 0.1) is 0 Å². The van der Waals surface area contributed by atoms with Gasteiger partial charge < -0.3 is 16.0 Å². The van der Waals surface area contributed by atoms with Crippen molar-refractivity contribution in [2.24, 2.45) is 0 Å². The molecule has 1 aromatic carbocycles. The number of anilines is 2. The van der Waals surface area contributed by atoms with Gasteiger partial charge in [-0.2, -0.15) is 0 Å². The smallest absolute Gasteiger partial charge is 0.325 e. The van der Waals surface area contributed by atoms with Gasteiger partial charge in [0.25, 0.3) is 5.91 Å². The molecule has 3 N–H and O–H groups in total. The van der Waals surface area contributed by atoms with Crippen molar-refractivity contribution in [3.63, 3.8) is 0 Å². The topological polar surface area (TPSA) is 142 Å². The molecule has 5 amide bonds. The van der Waals surface area contributed by atoms with Gasteiger partial charge in [-0.05, 0) is 37.1 Å². The minimum absolute atomic E-state index is 0.00262. The molecule has 1 spiro atoms. The van der Waals surface area contributed by atoms with E-state index in [0.717, 1.165) is 4.90 Å². The largest absolute Gasteiger partial charge is 0.326 e. The quantitative estimate of drug-likeness (QED) is 0.603. The van der Waals surface area contributed by atoms with Crippen LogP contribution in [0.5, 0.6) is 0 Å². The molecular weight excluding hydrogens is 388 g/mol. The number of imide groups is 1. The third-order valence-electron chi connectivity index (χ3n) is 4.72. The molecule has 0 saturated carbocycles. The SMILES string of the molecule is CC(=O)Nc1ccc(NC(=O)CN2C(=O)NC3(CCS(=O)(=O)CC3)C2=O)cc1. The van der Waals surface area contributed by atoms with Crippen LogP contribution >= 0.6 is 0 Å². The monoisotopic (exact) mass is 408 g/mol. The van der Waals surface area contributed by atoms with Crippen molar-refractivity contribution in [1.82, 2.24) is 10.2 Å². The Kier molecular flexibility index (Phi) is 5.11. The predicted molar refractivity (Wildman–Crippen MR) is 100 cm³/mol. The first-order valence-corrected chi connectivity index (χ1v) is 10.4. The first-order valence-electron chi connectivity index (χ1n) is 8.62. The van der Waals surface area contributed by atoms with E-state index in [1.165, 1.54) is 6.92 Å². The molecule has 2 saturated heterocycles. The van der Waals surface area contributed by atoms with Crippen LogP contribution in [-0.2, 0) is 24.2 Å². The van der Waals surface area contributed by atoms with Crippen LogP contribution in [0.25, 0.3) is 0 Å². The number of benzene rings is 1. The number of nitrogens with zero attached hydrogens (tertiary/aromatic N) is 1. The van der Waals surface area contributed by atoms with Gasteiger partial charge in [-0.15, -0.1) is 0 Å². The average molecular weight is 408 g/mol. The molecule has 2 aliphatic heterocycles. The van der Waals surface area contributed by atoms with Crippen LogP contribution in [0.1, 0.15) is 19.8 Å². The Hall–Kier alpha value is -2.95. The highest BCUT2D eigenvalue weighted by molar-refractivity contribution is 7.91. The predicted octanol–water partition coefficient (Wildman–Crippen LogP) is 0.0827. The van der Waals surface area contributed by atoms with Gasteiger partial charge in [-0.1, -0.05) is 0 Å². The minimum atomic E-state index is -3.21. The van der Waals surface area contributed by atoms with Gasteiger partial charge in [-0.25, -0.2) is 13.2 Å². The molecule has 1 aromatic rings. The zero-order valence-corrected chi connectivity index (χ0v) is 16.0. The molecule has 0 aliphatic carbocycles. The number of hydrogen-bond donors (Lipinski definition) is 3. The van der Waals surface area contributed by atoms with E-state index >= 15 is 0 Å². The number of hydrogen-bond acceptors (Lipinski definition) is 6. The van der Waals surface area contributed by atoms with Crippen LogP contribution in [0.2, 0.25) is 0 Å². The van der Waals surface area contributed by atoms with E-state index in [2.05, 4.69) is 16.0 Å². The fourth-order valence-corrected chi connectivity index (χ4v) is 4.75. The third kappa shape index (κ3) is 4.14. The molecule has 11 heteroatoms. The lowest BCUT2D eigenvalue weighted by Crippen LogP contribution is -2.52. The molecule has 150 valence electrons. The van der Waals surface area contributed by atoms with Crippen molar-refractivity contribution in [3.05, 3.63) is 24.3 Å². The standard InChI is InChI=1S/C17H20N4O6S/c1-11(22)18-12-2-4-13(5-3-12)19-14(23)10-21-15(24)17(20-16(21)25)6-8-28(26,27)9-7-17/h2-5H,6-10H2,1H3,(H,18,22)(H,19,23)(H,20,25). The van der Waals surface area contributed by atoms with Gasteiger partial charge in [0.05, 0.1) is 11.5 Å². The maximum Gasteiger partial charge on any atom is 0.325 e. The average Bonchev–Trinajstić information content (AvgIpc) is 2.84. The van der Waals surface area contributed by atoms with Crippen molar-refractivity contribution in [2.75, 3.05) is 28.7 Å². The lowest BCUT2D eigenvalue weighted by molar-refractivity contribution is -0.134. The highest BCUT2D eigenvalue weighted by Crippen LogP contribution is 2.30. The molecule has 2 fully saturated rings. The summed E-state index contributed by atoms with van der Waals surface area (Å²) in [5.41, 5.74) is -0.249. The first-order chi connectivity index (χ1) is 13.1. The van der Waals surface area contributed by atoms with Crippen LogP contribution in [0.15, 0.2) is 24.3 Å². The van der Waals surface area contributed by atoms with Crippen molar-refractivity contribution in [2.45, 2.75) is 25.3 Å². The van der Waals surface area contributed by atoms with Gasteiger partial charge in [-0.3, -0.25) is 19.3 Å². The van der Waals surface area contributed by atoms with E-state index in [9.17, 15) is 27.6 Å². The fraction of sp³-hybridized carbons (Fsp3) is 0.412. The number of rotatable bonds is 4. The maximum atomic E-state index is 12.7. The van der Waals surface area contributed by atoms with Crippen molar-refractivity contribution < 1.29 is 27.6 Å². The van der Waals surface area contributed by atoms with E-state index < -0.39 is 39.8 Å². The van der Waals surface area contributed by atoms with E-state index in [0.29, 0.717) is 11.4 Å². The maximum absolute atomic E-state index is 12.7. The Morgan fingerprint density at radius 2 is 1.61 bits per heavy atom. The molecule has 2 heterocycles. The van der Waals surface area contributed by atoms with Crippen LogP contribution in [0.3, 0.4) is 0 Å². The first kappa shape index (κ1) is 19.8. The highest BCUT2D eigenvalue weighted by Gasteiger charge is 2.53. The summed E-state index contributed by atoms with van der Waals surface area (Å²) in [7, 11) is -3.21. The molecule has 0 unspecified atom stereocenters. The second-order valence-corrected chi connectivity index (χ2v) is 9.17. The molecule has 0 bridgehead atoms. The summed E-state index contributed by atoms with van der Waals surface area (Å²) in [6, 6.07) is 5.63. The van der Waals surface area contributed by atoms with E-state index in [1.807, 2.05) is 0 Å². The molecular formula is C17H20N4O6S. The molecule has 0 atom stereocenters. The fourth-order valence-electron chi connectivity index (χ4n) is 3.23. The summed E-state index contributed by atoms with van der Waals surface area (Å²) in [6.07, 6.45) is 0.00523. The van der Waals surface area contributed by atoms with E-state index in [-0.39, 0.29) is 30.3 Å². The summed E-state index contributed by atoms with van der Waals surface area (Å²) >= 11 is 0. The molecule has 2 aliphatic rings.